The number of hydrogen-bond donors (Lipinski definition) is 2. The van der Waals surface area contributed by atoms with Crippen molar-refractivity contribution in [3.63, 3.8) is 0 Å². The number of benzene rings is 1. The molecule has 0 amide bonds. The van der Waals surface area contributed by atoms with Gasteiger partial charge in [-0.2, -0.15) is 0 Å². The van der Waals surface area contributed by atoms with Gasteiger partial charge in [-0.3, -0.25) is 4.57 Å². The minimum absolute atomic E-state index is 0.157. The van der Waals surface area contributed by atoms with Gasteiger partial charge in [-0.25, -0.2) is 14.6 Å². The van der Waals surface area contributed by atoms with Crippen molar-refractivity contribution in [1.29, 1.82) is 0 Å². The van der Waals surface area contributed by atoms with Gasteiger partial charge in [0, 0.05) is 11.6 Å². The zero-order chi connectivity index (χ0) is 15.0. The van der Waals surface area contributed by atoms with Crippen molar-refractivity contribution in [3.8, 4) is 0 Å². The second-order valence-corrected chi connectivity index (χ2v) is 5.56. The molecule has 7 heteroatoms. The van der Waals surface area contributed by atoms with E-state index in [0.717, 1.165) is 5.01 Å². The van der Waals surface area contributed by atoms with Gasteiger partial charge in [-0.1, -0.05) is 6.92 Å². The Bertz CT molecular complexity index is 848. The molecule has 3 aromatic rings. The zero-order valence-corrected chi connectivity index (χ0v) is 12.1. The van der Waals surface area contributed by atoms with Crippen molar-refractivity contribution in [2.24, 2.45) is 0 Å². The number of carbonyl (C=O) groups is 1. The quantitative estimate of drug-likeness (QED) is 0.775. The molecule has 0 aliphatic heterocycles. The number of aromatic amines is 1. The third kappa shape index (κ3) is 2.25. The number of carboxylic acid groups (broad SMARTS) is 1. The van der Waals surface area contributed by atoms with Gasteiger partial charge in [0.15, 0.2) is 0 Å². The van der Waals surface area contributed by atoms with Gasteiger partial charge in [-0.15, -0.1) is 11.3 Å². The number of rotatable bonds is 4. The fourth-order valence-electron chi connectivity index (χ4n) is 2.43. The van der Waals surface area contributed by atoms with Crippen molar-refractivity contribution >= 4 is 28.3 Å². The average Bonchev–Trinajstić information content (AvgIpc) is 3.08. The normalized spacial score (nSPS) is 12.6. The van der Waals surface area contributed by atoms with Crippen LogP contribution in [0.15, 0.2) is 34.6 Å². The number of aromatic nitrogens is 3. The minimum Gasteiger partial charge on any atom is -0.478 e. The van der Waals surface area contributed by atoms with Gasteiger partial charge in [0.05, 0.1) is 22.6 Å². The number of nitrogens with one attached hydrogen (secondary N) is 1. The lowest BCUT2D eigenvalue weighted by Crippen LogP contribution is -2.22. The van der Waals surface area contributed by atoms with Crippen molar-refractivity contribution in [2.45, 2.75) is 19.4 Å². The fourth-order valence-corrected chi connectivity index (χ4v) is 3.24. The predicted octanol–water partition coefficient (Wildman–Crippen LogP) is 2.48. The highest BCUT2D eigenvalue weighted by atomic mass is 32.1. The van der Waals surface area contributed by atoms with Crippen molar-refractivity contribution in [3.05, 3.63) is 50.8 Å². The summed E-state index contributed by atoms with van der Waals surface area (Å²) in [6, 6.07) is 4.42. The highest BCUT2D eigenvalue weighted by molar-refractivity contribution is 7.09. The minimum atomic E-state index is -1.01. The molecule has 1 atom stereocenters. The Morgan fingerprint density at radius 3 is 2.95 bits per heavy atom. The van der Waals surface area contributed by atoms with E-state index in [1.165, 1.54) is 23.5 Å². The molecule has 0 aliphatic carbocycles. The number of carboxylic acids is 1. The van der Waals surface area contributed by atoms with Gasteiger partial charge >= 0.3 is 11.7 Å². The van der Waals surface area contributed by atoms with Crippen molar-refractivity contribution < 1.29 is 9.90 Å². The van der Waals surface area contributed by atoms with E-state index in [1.807, 2.05) is 12.3 Å². The monoisotopic (exact) mass is 303 g/mol. The van der Waals surface area contributed by atoms with Crippen LogP contribution >= 0.6 is 11.3 Å². The fraction of sp³-hybridized carbons (Fsp3) is 0.214. The molecule has 6 nitrogen and oxygen atoms in total. The largest absolute Gasteiger partial charge is 0.478 e. The Kier molecular flexibility index (Phi) is 3.34. The van der Waals surface area contributed by atoms with E-state index >= 15 is 0 Å². The molecule has 0 saturated carbocycles. The van der Waals surface area contributed by atoms with Gasteiger partial charge in [-0.05, 0) is 24.6 Å². The summed E-state index contributed by atoms with van der Waals surface area (Å²) in [4.78, 5) is 30.4. The summed E-state index contributed by atoms with van der Waals surface area (Å²) < 4.78 is 1.58. The summed E-state index contributed by atoms with van der Waals surface area (Å²) in [6.07, 6.45) is 2.39. The molecule has 3 rings (SSSR count). The summed E-state index contributed by atoms with van der Waals surface area (Å²) in [5.74, 6) is -1.01. The number of H-pyrrole nitrogens is 1. The first-order valence-corrected chi connectivity index (χ1v) is 7.36. The molecule has 0 radical (unpaired) electrons. The molecule has 0 spiro atoms. The van der Waals surface area contributed by atoms with Crippen molar-refractivity contribution in [1.82, 2.24) is 14.5 Å². The first-order valence-electron chi connectivity index (χ1n) is 6.48. The third-order valence-electron chi connectivity index (χ3n) is 3.40. The topological polar surface area (TPSA) is 88.0 Å². The number of imidazole rings is 1. The maximum atomic E-state index is 12.3. The van der Waals surface area contributed by atoms with Gasteiger partial charge in [0.25, 0.3) is 0 Å². The lowest BCUT2D eigenvalue weighted by Gasteiger charge is -2.14. The molecule has 0 saturated heterocycles. The van der Waals surface area contributed by atoms with Gasteiger partial charge in [0.1, 0.15) is 5.01 Å². The third-order valence-corrected chi connectivity index (χ3v) is 4.28. The highest BCUT2D eigenvalue weighted by Crippen LogP contribution is 2.26. The lowest BCUT2D eigenvalue weighted by atomic mass is 10.1. The Hall–Kier alpha value is -2.41. The number of aromatic carboxylic acids is 1. The van der Waals surface area contributed by atoms with E-state index < -0.39 is 5.97 Å². The van der Waals surface area contributed by atoms with E-state index in [0.29, 0.717) is 17.5 Å². The van der Waals surface area contributed by atoms with E-state index in [2.05, 4.69) is 9.97 Å². The van der Waals surface area contributed by atoms with Gasteiger partial charge in [0.2, 0.25) is 0 Å². The molecule has 21 heavy (non-hydrogen) atoms. The Balaban J connectivity index is 2.25. The van der Waals surface area contributed by atoms with Crippen LogP contribution in [-0.4, -0.2) is 25.6 Å². The van der Waals surface area contributed by atoms with Crippen LogP contribution in [-0.2, 0) is 0 Å². The Labute approximate surface area is 123 Å². The number of nitrogens with zero attached hydrogens (tertiary/aromatic N) is 2. The molecule has 1 unspecified atom stereocenters. The molecular formula is C14H13N3O3S. The first kappa shape index (κ1) is 13.6. The first-order chi connectivity index (χ1) is 10.1. The molecule has 108 valence electrons. The van der Waals surface area contributed by atoms with Crippen LogP contribution < -0.4 is 5.69 Å². The van der Waals surface area contributed by atoms with Crippen LogP contribution in [0.5, 0.6) is 0 Å². The van der Waals surface area contributed by atoms with E-state index in [1.54, 1.807) is 16.8 Å². The molecule has 2 heterocycles. The molecule has 0 aliphatic rings. The molecule has 2 N–H and O–H groups in total. The maximum Gasteiger partial charge on any atom is 0.335 e. The number of hydrogen-bond acceptors (Lipinski definition) is 4. The van der Waals surface area contributed by atoms with Crippen LogP contribution in [0.4, 0.5) is 0 Å². The number of fused-ring (bicyclic) bond motifs is 1. The smallest absolute Gasteiger partial charge is 0.335 e. The van der Waals surface area contributed by atoms with E-state index in [-0.39, 0.29) is 17.3 Å². The molecule has 2 aromatic heterocycles. The molecular weight excluding hydrogens is 290 g/mol. The van der Waals surface area contributed by atoms with E-state index in [9.17, 15) is 9.59 Å². The summed E-state index contributed by atoms with van der Waals surface area (Å²) in [5.41, 5.74) is 1.11. The SMILES string of the molecule is CCC(c1nccs1)n1c(=O)[nH]c2ccc(C(=O)O)cc21. The lowest BCUT2D eigenvalue weighted by molar-refractivity contribution is 0.0697. The van der Waals surface area contributed by atoms with Crippen molar-refractivity contribution in [2.75, 3.05) is 0 Å². The van der Waals surface area contributed by atoms with Crippen LogP contribution in [0.3, 0.4) is 0 Å². The zero-order valence-electron chi connectivity index (χ0n) is 11.2. The van der Waals surface area contributed by atoms with E-state index in [4.69, 9.17) is 5.11 Å². The summed E-state index contributed by atoms with van der Waals surface area (Å²) in [5, 5.41) is 11.8. The molecule has 0 bridgehead atoms. The average molecular weight is 303 g/mol. The summed E-state index contributed by atoms with van der Waals surface area (Å²) >= 11 is 1.48. The van der Waals surface area contributed by atoms with Crippen LogP contribution in [0, 0.1) is 0 Å². The standard InChI is InChI=1S/C14H13N3O3S/c1-2-10(12-15-5-6-21-12)17-11-7-8(13(18)19)3-4-9(11)16-14(17)20/h3-7,10H,2H2,1H3,(H,16,20)(H,18,19). The Morgan fingerprint density at radius 1 is 1.52 bits per heavy atom. The van der Waals surface area contributed by atoms with Crippen LogP contribution in [0.1, 0.15) is 34.8 Å². The number of thiazole rings is 1. The second-order valence-electron chi connectivity index (χ2n) is 4.63. The second kappa shape index (κ2) is 5.17. The highest BCUT2D eigenvalue weighted by Gasteiger charge is 2.20. The summed E-state index contributed by atoms with van der Waals surface area (Å²) in [7, 11) is 0. The van der Waals surface area contributed by atoms with Crippen LogP contribution in [0.2, 0.25) is 0 Å². The van der Waals surface area contributed by atoms with Crippen LogP contribution in [0.25, 0.3) is 11.0 Å². The van der Waals surface area contributed by atoms with Gasteiger partial charge < -0.3 is 10.1 Å². The maximum absolute atomic E-state index is 12.3. The predicted molar refractivity (Wildman–Crippen MR) is 80.1 cm³/mol. The summed E-state index contributed by atoms with van der Waals surface area (Å²) in [6.45, 7) is 1.97. The molecule has 1 aromatic carbocycles. The Morgan fingerprint density at radius 2 is 2.33 bits per heavy atom. The molecule has 0 fully saturated rings.